The zero-order valence-electron chi connectivity index (χ0n) is 15.6. The van der Waals surface area contributed by atoms with Crippen LogP contribution in [0.25, 0.3) is 0 Å². The summed E-state index contributed by atoms with van der Waals surface area (Å²) in [6.45, 7) is 1.37. The van der Waals surface area contributed by atoms with Crippen molar-refractivity contribution in [3.8, 4) is 0 Å². The van der Waals surface area contributed by atoms with Gasteiger partial charge in [0.25, 0.3) is 0 Å². The fourth-order valence-corrected chi connectivity index (χ4v) is 5.72. The normalized spacial score (nSPS) is 12.5. The molecule has 0 fully saturated rings. The molecular weight excluding hydrogens is 416 g/mol. The SMILES string of the molecule is Cc1cc(S(=O)(=O)[C@@H](CNC(=O)Cc2ccc(F)cc2)c2cccs2)ccc1F. The Morgan fingerprint density at radius 3 is 2.45 bits per heavy atom. The molecule has 1 atom stereocenters. The summed E-state index contributed by atoms with van der Waals surface area (Å²) in [5.41, 5.74) is 0.852. The van der Waals surface area contributed by atoms with Crippen molar-refractivity contribution in [3.05, 3.63) is 87.6 Å². The molecule has 0 spiro atoms. The van der Waals surface area contributed by atoms with E-state index >= 15 is 0 Å². The van der Waals surface area contributed by atoms with Crippen molar-refractivity contribution in [2.75, 3.05) is 6.54 Å². The summed E-state index contributed by atoms with van der Waals surface area (Å²) in [4.78, 5) is 12.9. The first-order valence-electron chi connectivity index (χ1n) is 8.82. The summed E-state index contributed by atoms with van der Waals surface area (Å²) in [5, 5.41) is 3.42. The van der Waals surface area contributed by atoms with Gasteiger partial charge < -0.3 is 5.32 Å². The van der Waals surface area contributed by atoms with Crippen LogP contribution in [0.15, 0.2) is 64.9 Å². The highest BCUT2D eigenvalue weighted by Gasteiger charge is 2.30. The summed E-state index contributed by atoms with van der Waals surface area (Å²) < 4.78 is 53.0. The van der Waals surface area contributed by atoms with Gasteiger partial charge in [0.05, 0.1) is 11.3 Å². The van der Waals surface area contributed by atoms with Gasteiger partial charge in [-0.05, 0) is 59.8 Å². The molecular formula is C21H19F2NO3S2. The largest absolute Gasteiger partial charge is 0.354 e. The van der Waals surface area contributed by atoms with Crippen LogP contribution >= 0.6 is 11.3 Å². The molecule has 0 saturated carbocycles. The Morgan fingerprint density at radius 2 is 1.83 bits per heavy atom. The van der Waals surface area contributed by atoms with Crippen LogP contribution in [0.2, 0.25) is 0 Å². The molecule has 3 aromatic rings. The first-order chi connectivity index (χ1) is 13.8. The highest BCUT2D eigenvalue weighted by molar-refractivity contribution is 7.91. The number of amides is 1. The first-order valence-corrected chi connectivity index (χ1v) is 11.2. The molecule has 29 heavy (non-hydrogen) atoms. The number of carbonyl (C=O) groups is 1. The average Bonchev–Trinajstić information content (AvgIpc) is 3.20. The van der Waals surface area contributed by atoms with Crippen molar-refractivity contribution >= 4 is 27.1 Å². The van der Waals surface area contributed by atoms with E-state index < -0.39 is 26.7 Å². The second kappa shape index (κ2) is 8.84. The van der Waals surface area contributed by atoms with E-state index in [0.717, 1.165) is 6.07 Å². The van der Waals surface area contributed by atoms with Gasteiger partial charge in [-0.3, -0.25) is 4.79 Å². The van der Waals surface area contributed by atoms with Crippen LogP contribution in [0.1, 0.15) is 21.3 Å². The molecule has 0 bridgehead atoms. The molecule has 0 saturated heterocycles. The Kier molecular flexibility index (Phi) is 6.44. The number of nitrogens with one attached hydrogen (secondary N) is 1. The average molecular weight is 436 g/mol. The minimum Gasteiger partial charge on any atom is -0.354 e. The molecule has 0 aliphatic carbocycles. The van der Waals surface area contributed by atoms with E-state index in [2.05, 4.69) is 5.32 Å². The van der Waals surface area contributed by atoms with E-state index in [1.54, 1.807) is 17.5 Å². The lowest BCUT2D eigenvalue weighted by Crippen LogP contribution is -2.32. The molecule has 152 valence electrons. The molecule has 1 amide bonds. The predicted molar refractivity (Wildman–Crippen MR) is 108 cm³/mol. The molecule has 8 heteroatoms. The maximum Gasteiger partial charge on any atom is 0.224 e. The lowest BCUT2D eigenvalue weighted by Gasteiger charge is -2.18. The van der Waals surface area contributed by atoms with Crippen molar-refractivity contribution < 1.29 is 22.0 Å². The molecule has 3 rings (SSSR count). The summed E-state index contributed by atoms with van der Waals surface area (Å²) in [7, 11) is -3.86. The van der Waals surface area contributed by atoms with Crippen molar-refractivity contribution in [2.45, 2.75) is 23.5 Å². The highest BCUT2D eigenvalue weighted by Crippen LogP contribution is 2.32. The quantitative estimate of drug-likeness (QED) is 0.566. The number of sulfone groups is 1. The fourth-order valence-electron chi connectivity index (χ4n) is 2.85. The number of benzene rings is 2. The third-order valence-corrected chi connectivity index (χ3v) is 7.67. The summed E-state index contributed by atoms with van der Waals surface area (Å²) in [6.07, 6.45) is 0.00709. The van der Waals surface area contributed by atoms with Gasteiger partial charge in [0.2, 0.25) is 5.91 Å². The van der Waals surface area contributed by atoms with E-state index in [1.807, 2.05) is 0 Å². The van der Waals surface area contributed by atoms with Crippen molar-refractivity contribution in [1.82, 2.24) is 5.32 Å². The second-order valence-corrected chi connectivity index (χ2v) is 9.68. The van der Waals surface area contributed by atoms with Gasteiger partial charge in [-0.25, -0.2) is 17.2 Å². The lowest BCUT2D eigenvalue weighted by molar-refractivity contribution is -0.120. The first kappa shape index (κ1) is 21.1. The predicted octanol–water partition coefficient (Wildman–Crippen LogP) is 4.21. The van der Waals surface area contributed by atoms with Crippen molar-refractivity contribution in [1.29, 1.82) is 0 Å². The van der Waals surface area contributed by atoms with Crippen LogP contribution in [-0.2, 0) is 21.1 Å². The van der Waals surface area contributed by atoms with E-state index in [4.69, 9.17) is 0 Å². The summed E-state index contributed by atoms with van der Waals surface area (Å²) in [5.74, 6) is -1.25. The Morgan fingerprint density at radius 1 is 1.10 bits per heavy atom. The van der Waals surface area contributed by atoms with Crippen LogP contribution in [-0.4, -0.2) is 20.9 Å². The van der Waals surface area contributed by atoms with Gasteiger partial charge in [0.15, 0.2) is 9.84 Å². The van der Waals surface area contributed by atoms with Crippen LogP contribution in [0.3, 0.4) is 0 Å². The standard InChI is InChI=1S/C21H19F2NO3S2/c1-14-11-17(8-9-18(14)23)29(26,27)20(19-3-2-10-28-19)13-24-21(25)12-15-4-6-16(22)7-5-15/h2-11,20H,12-13H2,1H3,(H,24,25)/t20-/m0/s1. The Balaban J connectivity index is 1.79. The topological polar surface area (TPSA) is 63.2 Å². The Hall–Kier alpha value is -2.58. The maximum absolute atomic E-state index is 13.6. The van der Waals surface area contributed by atoms with E-state index in [1.165, 1.54) is 54.7 Å². The number of halogens is 2. The number of hydrogen-bond acceptors (Lipinski definition) is 4. The van der Waals surface area contributed by atoms with Gasteiger partial charge in [0, 0.05) is 11.4 Å². The molecule has 1 N–H and O–H groups in total. The van der Waals surface area contributed by atoms with Crippen molar-refractivity contribution in [3.63, 3.8) is 0 Å². The van der Waals surface area contributed by atoms with Crippen molar-refractivity contribution in [2.24, 2.45) is 0 Å². The monoisotopic (exact) mass is 435 g/mol. The Bertz CT molecular complexity index is 1100. The fraction of sp³-hybridized carbons (Fsp3) is 0.190. The van der Waals surface area contributed by atoms with Gasteiger partial charge >= 0.3 is 0 Å². The molecule has 2 aromatic carbocycles. The van der Waals surface area contributed by atoms with Crippen LogP contribution in [0.4, 0.5) is 8.78 Å². The maximum atomic E-state index is 13.6. The van der Waals surface area contributed by atoms with Gasteiger partial charge in [0.1, 0.15) is 16.9 Å². The molecule has 0 unspecified atom stereocenters. The minimum absolute atomic E-state index is 0.00239. The van der Waals surface area contributed by atoms with Crippen LogP contribution in [0, 0.1) is 18.6 Å². The third kappa shape index (κ3) is 5.07. The van der Waals surface area contributed by atoms with Crippen LogP contribution in [0.5, 0.6) is 0 Å². The number of thiophene rings is 1. The summed E-state index contributed by atoms with van der Waals surface area (Å²) in [6, 6.07) is 12.6. The minimum atomic E-state index is -3.86. The highest BCUT2D eigenvalue weighted by atomic mass is 32.2. The second-order valence-electron chi connectivity index (χ2n) is 6.57. The van der Waals surface area contributed by atoms with E-state index in [9.17, 15) is 22.0 Å². The van der Waals surface area contributed by atoms with E-state index in [0.29, 0.717) is 10.4 Å². The van der Waals surface area contributed by atoms with Gasteiger partial charge in [-0.1, -0.05) is 18.2 Å². The zero-order chi connectivity index (χ0) is 21.0. The zero-order valence-corrected chi connectivity index (χ0v) is 17.2. The third-order valence-electron chi connectivity index (χ3n) is 4.46. The van der Waals surface area contributed by atoms with Gasteiger partial charge in [-0.2, -0.15) is 0 Å². The molecule has 0 aliphatic heterocycles. The molecule has 1 aromatic heterocycles. The van der Waals surface area contributed by atoms with Crippen LogP contribution < -0.4 is 5.32 Å². The summed E-state index contributed by atoms with van der Waals surface area (Å²) >= 11 is 1.27. The number of hydrogen-bond donors (Lipinski definition) is 1. The van der Waals surface area contributed by atoms with E-state index in [-0.39, 0.29) is 29.3 Å². The molecule has 4 nitrogen and oxygen atoms in total. The molecule has 0 aliphatic rings. The molecule has 0 radical (unpaired) electrons. The smallest absolute Gasteiger partial charge is 0.224 e. The lowest BCUT2D eigenvalue weighted by atomic mass is 10.1. The Labute approximate surface area is 172 Å². The number of rotatable bonds is 7. The molecule has 1 heterocycles. The number of aryl methyl sites for hydroxylation is 1. The number of carbonyl (C=O) groups excluding carboxylic acids is 1. The van der Waals surface area contributed by atoms with Gasteiger partial charge in [-0.15, -0.1) is 11.3 Å².